The van der Waals surface area contributed by atoms with Gasteiger partial charge in [0.15, 0.2) is 0 Å². The molecule has 1 rings (SSSR count). The Morgan fingerprint density at radius 1 is 1.00 bits per heavy atom. The van der Waals surface area contributed by atoms with Crippen LogP contribution in [0.15, 0.2) is 0 Å². The summed E-state index contributed by atoms with van der Waals surface area (Å²) in [5, 5.41) is 18.6. The smallest absolute Gasteiger partial charge is 0.303 e. The Balaban J connectivity index is 1.88. The molecule has 0 aliphatic carbocycles. The largest absolute Gasteiger partial charge is 0.481 e. The van der Waals surface area contributed by atoms with Gasteiger partial charge in [-0.25, -0.2) is 0 Å². The molecule has 0 aromatic rings. The number of carboxylic acid groups (broad SMARTS) is 1. The third kappa shape index (κ3) is 9.42. The molecular weight excluding hydrogens is 280 g/mol. The Morgan fingerprint density at radius 2 is 1.64 bits per heavy atom. The maximum Gasteiger partial charge on any atom is 0.303 e. The number of carboxylic acids is 1. The molecule has 130 valence electrons. The van der Waals surface area contributed by atoms with Crippen molar-refractivity contribution < 1.29 is 19.7 Å². The summed E-state index contributed by atoms with van der Waals surface area (Å²) in [5.41, 5.74) is 0. The molecule has 2 N–H and O–H groups in total. The lowest BCUT2D eigenvalue weighted by molar-refractivity contribution is -0.137. The number of ether oxygens (including phenoxy) is 1. The third-order valence-electron chi connectivity index (χ3n) is 4.48. The number of hydrogen-bond donors (Lipinski definition) is 2. The number of aliphatic carboxylic acids is 1. The molecular formula is C18H34O4. The fourth-order valence-corrected chi connectivity index (χ4v) is 3.00. The minimum absolute atomic E-state index is 0.0645. The molecule has 0 unspecified atom stereocenters. The van der Waals surface area contributed by atoms with Gasteiger partial charge in [-0.2, -0.15) is 0 Å². The minimum atomic E-state index is -0.719. The molecule has 0 amide bonds. The second-order valence-electron chi connectivity index (χ2n) is 6.61. The van der Waals surface area contributed by atoms with Gasteiger partial charge in [0.05, 0.1) is 12.2 Å². The van der Waals surface area contributed by atoms with Crippen LogP contribution < -0.4 is 0 Å². The molecule has 0 saturated carbocycles. The monoisotopic (exact) mass is 314 g/mol. The molecule has 1 fully saturated rings. The maximum absolute atomic E-state index is 10.4. The summed E-state index contributed by atoms with van der Waals surface area (Å²) in [6, 6.07) is 0. The van der Waals surface area contributed by atoms with Crippen LogP contribution in [0.3, 0.4) is 0 Å². The van der Waals surface area contributed by atoms with Crippen molar-refractivity contribution in [1.29, 1.82) is 0 Å². The van der Waals surface area contributed by atoms with Gasteiger partial charge in [0, 0.05) is 6.42 Å². The highest BCUT2D eigenvalue weighted by molar-refractivity contribution is 5.66. The van der Waals surface area contributed by atoms with Crippen molar-refractivity contribution in [2.75, 3.05) is 0 Å². The topological polar surface area (TPSA) is 70.1 Å². The van der Waals surface area contributed by atoms with Crippen LogP contribution in [-0.2, 0) is 9.53 Å². The van der Waals surface area contributed by atoms with Gasteiger partial charge in [-0.1, -0.05) is 64.7 Å². The highest BCUT2D eigenvalue weighted by Gasteiger charge is 2.42. The van der Waals surface area contributed by atoms with Crippen LogP contribution in [0.2, 0.25) is 0 Å². The zero-order valence-corrected chi connectivity index (χ0v) is 14.1. The quantitative estimate of drug-likeness (QED) is 0.349. The molecule has 0 spiro atoms. The van der Waals surface area contributed by atoms with Crippen molar-refractivity contribution in [3.8, 4) is 0 Å². The normalized spacial score (nSPS) is 21.7. The van der Waals surface area contributed by atoms with Gasteiger partial charge < -0.3 is 14.9 Å². The molecule has 0 aromatic carbocycles. The maximum atomic E-state index is 10.4. The van der Waals surface area contributed by atoms with E-state index in [9.17, 15) is 9.90 Å². The molecule has 1 saturated heterocycles. The zero-order valence-electron chi connectivity index (χ0n) is 14.1. The fourth-order valence-electron chi connectivity index (χ4n) is 3.00. The van der Waals surface area contributed by atoms with E-state index in [0.29, 0.717) is 0 Å². The Hall–Kier alpha value is -0.610. The van der Waals surface area contributed by atoms with E-state index >= 15 is 0 Å². The lowest BCUT2D eigenvalue weighted by Gasteiger charge is -2.07. The zero-order chi connectivity index (χ0) is 16.2. The van der Waals surface area contributed by atoms with Crippen molar-refractivity contribution in [2.24, 2.45) is 0 Å². The molecule has 0 radical (unpaired) electrons. The van der Waals surface area contributed by atoms with Crippen LogP contribution in [0.1, 0.15) is 90.4 Å². The predicted molar refractivity (Wildman–Crippen MR) is 88.0 cm³/mol. The average molecular weight is 314 g/mol. The van der Waals surface area contributed by atoms with Gasteiger partial charge in [-0.05, 0) is 19.3 Å². The minimum Gasteiger partial charge on any atom is -0.481 e. The number of unbranched alkanes of at least 4 members (excludes halogenated alkanes) is 8. The summed E-state index contributed by atoms with van der Waals surface area (Å²) in [6.07, 6.45) is 13.6. The van der Waals surface area contributed by atoms with Crippen LogP contribution in [0.25, 0.3) is 0 Å². The fraction of sp³-hybridized carbons (Fsp3) is 0.944. The lowest BCUT2D eigenvalue weighted by atomic mass is 10.0. The highest BCUT2D eigenvalue weighted by atomic mass is 16.6. The molecule has 4 heteroatoms. The second-order valence-corrected chi connectivity index (χ2v) is 6.61. The van der Waals surface area contributed by atoms with Crippen LogP contribution >= 0.6 is 0 Å². The number of carbonyl (C=O) groups is 1. The van der Waals surface area contributed by atoms with E-state index in [4.69, 9.17) is 9.84 Å². The van der Waals surface area contributed by atoms with E-state index in [-0.39, 0.29) is 24.7 Å². The standard InChI is InChI=1S/C18H34O4/c1-2-3-4-5-6-10-13-16-18(22-16)15(19)12-9-7-8-11-14-17(20)21/h15-16,18-19H,2-14H2,1H3,(H,20,21)/t15-,16+,18+/m1/s1. The van der Waals surface area contributed by atoms with Crippen LogP contribution in [0.5, 0.6) is 0 Å². The van der Waals surface area contributed by atoms with E-state index in [0.717, 1.165) is 38.5 Å². The molecule has 0 aromatic heterocycles. The van der Waals surface area contributed by atoms with Crippen molar-refractivity contribution in [3.63, 3.8) is 0 Å². The second kappa shape index (κ2) is 11.9. The Kier molecular flexibility index (Phi) is 10.5. The molecule has 22 heavy (non-hydrogen) atoms. The van der Waals surface area contributed by atoms with Crippen molar-refractivity contribution in [3.05, 3.63) is 0 Å². The van der Waals surface area contributed by atoms with Crippen molar-refractivity contribution >= 4 is 5.97 Å². The van der Waals surface area contributed by atoms with Gasteiger partial charge >= 0.3 is 5.97 Å². The summed E-state index contributed by atoms with van der Waals surface area (Å²) in [7, 11) is 0. The van der Waals surface area contributed by atoms with Crippen molar-refractivity contribution in [1.82, 2.24) is 0 Å². The third-order valence-corrected chi connectivity index (χ3v) is 4.48. The molecule has 3 atom stereocenters. The van der Waals surface area contributed by atoms with E-state index < -0.39 is 5.97 Å². The van der Waals surface area contributed by atoms with Gasteiger partial charge in [-0.15, -0.1) is 0 Å². The van der Waals surface area contributed by atoms with E-state index in [1.807, 2.05) is 0 Å². The Bertz CT molecular complexity index is 293. The van der Waals surface area contributed by atoms with Gasteiger partial charge in [0.1, 0.15) is 6.10 Å². The van der Waals surface area contributed by atoms with Crippen molar-refractivity contribution in [2.45, 2.75) is 109 Å². The van der Waals surface area contributed by atoms with Crippen LogP contribution in [0.4, 0.5) is 0 Å². The van der Waals surface area contributed by atoms with Gasteiger partial charge in [-0.3, -0.25) is 4.79 Å². The van der Waals surface area contributed by atoms with Gasteiger partial charge in [0.2, 0.25) is 0 Å². The number of hydrogen-bond acceptors (Lipinski definition) is 3. The first-order valence-corrected chi connectivity index (χ1v) is 9.20. The molecule has 4 nitrogen and oxygen atoms in total. The number of aliphatic hydroxyl groups excluding tert-OH is 1. The van der Waals surface area contributed by atoms with Crippen LogP contribution in [-0.4, -0.2) is 34.5 Å². The summed E-state index contributed by atoms with van der Waals surface area (Å²) in [5.74, 6) is -0.719. The summed E-state index contributed by atoms with van der Waals surface area (Å²) >= 11 is 0. The average Bonchev–Trinajstić information content (AvgIpc) is 3.25. The Labute approximate surface area is 135 Å². The molecule has 1 heterocycles. The lowest BCUT2D eigenvalue weighted by Crippen LogP contribution is -2.16. The predicted octanol–water partition coefficient (Wildman–Crippen LogP) is 4.29. The highest BCUT2D eigenvalue weighted by Crippen LogP contribution is 2.32. The van der Waals surface area contributed by atoms with E-state index in [1.165, 1.54) is 38.5 Å². The Morgan fingerprint density at radius 3 is 2.36 bits per heavy atom. The number of aliphatic hydroxyl groups is 1. The summed E-state index contributed by atoms with van der Waals surface area (Å²) < 4.78 is 5.59. The molecule has 1 aliphatic heterocycles. The first kappa shape index (κ1) is 19.4. The van der Waals surface area contributed by atoms with Gasteiger partial charge in [0.25, 0.3) is 0 Å². The molecule has 1 aliphatic rings. The SMILES string of the molecule is CCCCCCCC[C@@H]1O[C@H]1[C@H](O)CCCCCCC(=O)O. The molecule has 0 bridgehead atoms. The van der Waals surface area contributed by atoms with Crippen LogP contribution in [0, 0.1) is 0 Å². The summed E-state index contributed by atoms with van der Waals surface area (Å²) in [4.78, 5) is 10.4. The first-order valence-electron chi connectivity index (χ1n) is 9.20. The van der Waals surface area contributed by atoms with E-state index in [2.05, 4.69) is 6.92 Å². The first-order chi connectivity index (χ1) is 10.6. The summed E-state index contributed by atoms with van der Waals surface area (Å²) in [6.45, 7) is 2.23. The number of epoxide rings is 1. The van der Waals surface area contributed by atoms with E-state index in [1.54, 1.807) is 0 Å². The number of rotatable bonds is 15.